The summed E-state index contributed by atoms with van der Waals surface area (Å²) in [4.78, 5) is 17.2. The maximum Gasteiger partial charge on any atom is 0.304 e. The fraction of sp³-hybridized carbons (Fsp3) is 0.321. The summed E-state index contributed by atoms with van der Waals surface area (Å²) < 4.78 is 5.78. The van der Waals surface area contributed by atoms with Crippen molar-refractivity contribution in [3.63, 3.8) is 0 Å². The molecule has 37 heavy (non-hydrogen) atoms. The standard InChI is InChI=1S/C28H28N6O3/c1-15-9-17(28-31-33-34(3)32-28)10-16(2)27(15)21-6-4-5-20-19(21)7-8-23(20)30-25-12-24-22(13-29-25)18(14-37-24)11-26(35)36/h4-6,9-10,12-13,18,23H,7-8,11,14H2,1-3H3,(H,29,30)(H,35,36)/t18-,23+/m0/s1. The third kappa shape index (κ3) is 4.20. The van der Waals surface area contributed by atoms with Gasteiger partial charge in [0.15, 0.2) is 0 Å². The van der Waals surface area contributed by atoms with E-state index in [0.717, 1.165) is 35.5 Å². The molecule has 0 radical (unpaired) electrons. The SMILES string of the molecule is Cc1cc(-c2nnn(C)n2)cc(C)c1-c1cccc2c1CC[C@H]2Nc1cc2c(cn1)[C@@H](CC(=O)O)CO2. The second kappa shape index (κ2) is 8.99. The minimum atomic E-state index is -0.826. The number of aliphatic carboxylic acids is 1. The Kier molecular flexibility index (Phi) is 5.62. The van der Waals surface area contributed by atoms with Gasteiger partial charge < -0.3 is 15.2 Å². The van der Waals surface area contributed by atoms with E-state index in [9.17, 15) is 4.79 Å². The highest BCUT2D eigenvalue weighted by molar-refractivity contribution is 5.78. The second-order valence-electron chi connectivity index (χ2n) is 9.91. The number of aromatic nitrogens is 5. The maximum absolute atomic E-state index is 11.1. The van der Waals surface area contributed by atoms with E-state index < -0.39 is 5.97 Å². The fourth-order valence-corrected chi connectivity index (χ4v) is 5.75. The molecule has 0 saturated heterocycles. The van der Waals surface area contributed by atoms with Crippen LogP contribution in [0.4, 0.5) is 5.82 Å². The number of nitrogens with zero attached hydrogens (tertiary/aromatic N) is 5. The zero-order chi connectivity index (χ0) is 25.7. The van der Waals surface area contributed by atoms with Crippen LogP contribution < -0.4 is 10.1 Å². The highest BCUT2D eigenvalue weighted by atomic mass is 16.5. The minimum Gasteiger partial charge on any atom is -0.492 e. The Morgan fingerprint density at radius 2 is 2.00 bits per heavy atom. The molecular weight excluding hydrogens is 468 g/mol. The maximum atomic E-state index is 11.1. The van der Waals surface area contributed by atoms with Gasteiger partial charge in [-0.3, -0.25) is 4.79 Å². The molecule has 2 N–H and O–H groups in total. The van der Waals surface area contributed by atoms with Gasteiger partial charge in [0.05, 0.1) is 26.1 Å². The summed E-state index contributed by atoms with van der Waals surface area (Å²) in [5.74, 6) is 1.12. The van der Waals surface area contributed by atoms with Crippen molar-refractivity contribution in [3.8, 4) is 28.3 Å². The number of pyridine rings is 1. The Morgan fingerprint density at radius 3 is 2.73 bits per heavy atom. The number of fused-ring (bicyclic) bond motifs is 2. The number of nitrogens with one attached hydrogen (secondary N) is 1. The van der Waals surface area contributed by atoms with Crippen LogP contribution in [0.3, 0.4) is 0 Å². The fourth-order valence-electron chi connectivity index (χ4n) is 5.75. The van der Waals surface area contributed by atoms with Gasteiger partial charge in [0.25, 0.3) is 0 Å². The summed E-state index contributed by atoms with van der Waals surface area (Å²) in [6.07, 6.45) is 3.74. The molecule has 1 aliphatic carbocycles. The molecule has 6 rings (SSSR count). The number of aryl methyl sites for hydroxylation is 3. The Morgan fingerprint density at radius 1 is 1.19 bits per heavy atom. The number of anilines is 1. The molecule has 0 saturated carbocycles. The first-order valence-electron chi connectivity index (χ1n) is 12.5. The van der Waals surface area contributed by atoms with Gasteiger partial charge in [-0.15, -0.1) is 10.2 Å². The predicted molar refractivity (Wildman–Crippen MR) is 139 cm³/mol. The molecular formula is C28H28N6O3. The van der Waals surface area contributed by atoms with E-state index in [0.29, 0.717) is 12.4 Å². The Hall–Kier alpha value is -4.27. The van der Waals surface area contributed by atoms with Crippen LogP contribution in [0.2, 0.25) is 0 Å². The van der Waals surface area contributed by atoms with Crippen molar-refractivity contribution < 1.29 is 14.6 Å². The van der Waals surface area contributed by atoms with Crippen molar-refractivity contribution in [2.75, 3.05) is 11.9 Å². The lowest BCUT2D eigenvalue weighted by atomic mass is 9.89. The number of carbonyl (C=O) groups is 1. The van der Waals surface area contributed by atoms with Crippen molar-refractivity contribution >= 4 is 11.8 Å². The number of benzene rings is 2. The van der Waals surface area contributed by atoms with Crippen molar-refractivity contribution in [1.29, 1.82) is 0 Å². The van der Waals surface area contributed by atoms with Gasteiger partial charge in [0.2, 0.25) is 5.82 Å². The second-order valence-corrected chi connectivity index (χ2v) is 9.91. The lowest BCUT2D eigenvalue weighted by Crippen LogP contribution is -2.09. The molecule has 0 fully saturated rings. The third-order valence-corrected chi connectivity index (χ3v) is 7.36. The van der Waals surface area contributed by atoms with Gasteiger partial charge in [0.1, 0.15) is 11.6 Å². The third-order valence-electron chi connectivity index (χ3n) is 7.36. The first-order valence-corrected chi connectivity index (χ1v) is 12.5. The van der Waals surface area contributed by atoms with Gasteiger partial charge in [-0.2, -0.15) is 4.80 Å². The topological polar surface area (TPSA) is 115 Å². The molecule has 2 aromatic heterocycles. The van der Waals surface area contributed by atoms with Crippen LogP contribution in [-0.4, -0.2) is 42.9 Å². The van der Waals surface area contributed by atoms with Gasteiger partial charge in [-0.1, -0.05) is 18.2 Å². The van der Waals surface area contributed by atoms with E-state index in [1.54, 1.807) is 13.2 Å². The number of hydrogen-bond acceptors (Lipinski definition) is 7. The monoisotopic (exact) mass is 496 g/mol. The highest BCUT2D eigenvalue weighted by Crippen LogP contribution is 2.43. The van der Waals surface area contributed by atoms with E-state index in [-0.39, 0.29) is 18.4 Å². The normalized spacial score (nSPS) is 17.8. The highest BCUT2D eigenvalue weighted by Gasteiger charge is 2.29. The van der Waals surface area contributed by atoms with E-state index in [2.05, 4.69) is 69.9 Å². The average molecular weight is 497 g/mol. The van der Waals surface area contributed by atoms with Crippen molar-refractivity contribution in [2.45, 2.75) is 45.1 Å². The van der Waals surface area contributed by atoms with Crippen LogP contribution in [0, 0.1) is 13.8 Å². The van der Waals surface area contributed by atoms with Crippen LogP contribution in [0.5, 0.6) is 5.75 Å². The zero-order valence-corrected chi connectivity index (χ0v) is 21.0. The molecule has 1 aliphatic heterocycles. The first kappa shape index (κ1) is 23.1. The number of ether oxygens (including phenoxy) is 1. The van der Waals surface area contributed by atoms with Crippen LogP contribution in [0.15, 0.2) is 42.6 Å². The van der Waals surface area contributed by atoms with Crippen molar-refractivity contribution in [3.05, 3.63) is 70.4 Å². The molecule has 0 spiro atoms. The smallest absolute Gasteiger partial charge is 0.304 e. The summed E-state index contributed by atoms with van der Waals surface area (Å²) >= 11 is 0. The van der Waals surface area contributed by atoms with Crippen molar-refractivity contribution in [1.82, 2.24) is 25.2 Å². The van der Waals surface area contributed by atoms with E-state index in [4.69, 9.17) is 9.84 Å². The summed E-state index contributed by atoms with van der Waals surface area (Å²) in [6.45, 7) is 4.66. The first-order chi connectivity index (χ1) is 17.9. The summed E-state index contributed by atoms with van der Waals surface area (Å²) in [6, 6.07) is 12.8. The molecule has 2 aliphatic rings. The molecule has 9 nitrogen and oxygen atoms in total. The van der Waals surface area contributed by atoms with Crippen LogP contribution in [0.1, 0.15) is 52.6 Å². The summed E-state index contributed by atoms with van der Waals surface area (Å²) in [5, 5.41) is 25.2. The largest absolute Gasteiger partial charge is 0.492 e. The van der Waals surface area contributed by atoms with Crippen LogP contribution in [0.25, 0.3) is 22.5 Å². The van der Waals surface area contributed by atoms with Gasteiger partial charge in [-0.05, 0) is 77.4 Å². The summed E-state index contributed by atoms with van der Waals surface area (Å²) in [7, 11) is 1.77. The molecule has 0 bridgehead atoms. The minimum absolute atomic E-state index is 0.0509. The molecule has 2 aromatic carbocycles. The molecule has 188 valence electrons. The molecule has 9 heteroatoms. The Labute approximate surface area is 214 Å². The Bertz CT molecular complexity index is 1510. The quantitative estimate of drug-likeness (QED) is 0.398. The molecule has 4 aromatic rings. The van der Waals surface area contributed by atoms with Crippen LogP contribution >= 0.6 is 0 Å². The molecule has 0 amide bonds. The average Bonchev–Trinajstić information content (AvgIpc) is 3.58. The van der Waals surface area contributed by atoms with Crippen molar-refractivity contribution in [2.24, 2.45) is 7.05 Å². The number of rotatable bonds is 6. The van der Waals surface area contributed by atoms with E-state index in [1.807, 2.05) is 6.07 Å². The Balaban J connectivity index is 1.28. The number of hydrogen-bond donors (Lipinski definition) is 2. The van der Waals surface area contributed by atoms with Crippen LogP contribution in [-0.2, 0) is 18.3 Å². The zero-order valence-electron chi connectivity index (χ0n) is 21.0. The number of carboxylic acids is 1. The lowest BCUT2D eigenvalue weighted by molar-refractivity contribution is -0.137. The molecule has 3 heterocycles. The van der Waals surface area contributed by atoms with Gasteiger partial charge >= 0.3 is 5.97 Å². The molecule has 2 atom stereocenters. The lowest BCUT2D eigenvalue weighted by Gasteiger charge is -2.18. The van der Waals surface area contributed by atoms with Gasteiger partial charge in [-0.25, -0.2) is 4.98 Å². The number of carboxylic acid groups (broad SMARTS) is 1. The summed E-state index contributed by atoms with van der Waals surface area (Å²) in [5.41, 5.74) is 9.35. The van der Waals surface area contributed by atoms with Gasteiger partial charge in [0, 0.05) is 29.3 Å². The molecule has 0 unspecified atom stereocenters. The predicted octanol–water partition coefficient (Wildman–Crippen LogP) is 4.61. The van der Waals surface area contributed by atoms with E-state index >= 15 is 0 Å². The van der Waals surface area contributed by atoms with E-state index in [1.165, 1.54) is 38.2 Å². The number of tetrazole rings is 1.